The van der Waals surface area contributed by atoms with Gasteiger partial charge in [0.2, 0.25) is 0 Å². The Labute approximate surface area is 126 Å². The summed E-state index contributed by atoms with van der Waals surface area (Å²) in [5.74, 6) is 0.837. The molecule has 1 aromatic rings. The number of rotatable bonds is 8. The molecule has 2 N–H and O–H groups in total. The fourth-order valence-corrected chi connectivity index (χ4v) is 1.84. The molecule has 0 amide bonds. The van der Waals surface area contributed by atoms with Crippen LogP contribution in [0.1, 0.15) is 27.2 Å². The minimum Gasteiger partial charge on any atom is -0.491 e. The molecule has 0 aromatic heterocycles. The Morgan fingerprint density at radius 3 is 2.85 bits per heavy atom. The van der Waals surface area contributed by atoms with Crippen molar-refractivity contribution in [3.8, 4) is 5.75 Å². The summed E-state index contributed by atoms with van der Waals surface area (Å²) in [7, 11) is 0. The zero-order valence-corrected chi connectivity index (χ0v) is 13.3. The van der Waals surface area contributed by atoms with Crippen LogP contribution in [-0.2, 0) is 4.74 Å². The van der Waals surface area contributed by atoms with E-state index in [1.165, 1.54) is 0 Å². The Bertz CT molecular complexity index is 411. The lowest BCUT2D eigenvalue weighted by Gasteiger charge is -2.13. The highest BCUT2D eigenvalue weighted by Crippen LogP contribution is 2.18. The van der Waals surface area contributed by atoms with Crippen LogP contribution in [0.4, 0.5) is 5.69 Å². The van der Waals surface area contributed by atoms with Gasteiger partial charge in [-0.1, -0.05) is 6.07 Å². The molecule has 0 atom stereocenters. The van der Waals surface area contributed by atoms with Crippen LogP contribution in [0.25, 0.3) is 0 Å². The number of anilines is 1. The van der Waals surface area contributed by atoms with Crippen molar-refractivity contribution in [1.29, 1.82) is 0 Å². The van der Waals surface area contributed by atoms with Crippen LogP contribution >= 0.6 is 12.2 Å². The Balaban J connectivity index is 2.34. The van der Waals surface area contributed by atoms with E-state index >= 15 is 0 Å². The Hall–Kier alpha value is -1.33. The SMILES string of the molecule is CCOCCCNC(=S)Nc1cccc(OC(C)C)c1. The maximum atomic E-state index is 5.64. The molecule has 0 saturated carbocycles. The maximum Gasteiger partial charge on any atom is 0.170 e. The van der Waals surface area contributed by atoms with Crippen molar-refractivity contribution >= 4 is 23.0 Å². The number of ether oxygens (including phenoxy) is 2. The van der Waals surface area contributed by atoms with Gasteiger partial charge < -0.3 is 20.1 Å². The second-order valence-electron chi connectivity index (χ2n) is 4.63. The lowest BCUT2D eigenvalue weighted by molar-refractivity contribution is 0.146. The van der Waals surface area contributed by atoms with Gasteiger partial charge >= 0.3 is 0 Å². The van der Waals surface area contributed by atoms with Gasteiger partial charge in [0.05, 0.1) is 6.10 Å². The zero-order chi connectivity index (χ0) is 14.8. The first-order valence-electron chi connectivity index (χ1n) is 7.01. The lowest BCUT2D eigenvalue weighted by Crippen LogP contribution is -2.29. The number of benzene rings is 1. The first-order valence-corrected chi connectivity index (χ1v) is 7.42. The predicted octanol–water partition coefficient (Wildman–Crippen LogP) is 3.19. The van der Waals surface area contributed by atoms with Gasteiger partial charge in [-0.05, 0) is 51.5 Å². The first-order chi connectivity index (χ1) is 9.61. The minimum atomic E-state index is 0.161. The van der Waals surface area contributed by atoms with E-state index in [1.54, 1.807) is 0 Å². The molecule has 0 radical (unpaired) electrons. The van der Waals surface area contributed by atoms with Crippen molar-refractivity contribution in [1.82, 2.24) is 5.32 Å². The average Bonchev–Trinajstić information content (AvgIpc) is 2.38. The van der Waals surface area contributed by atoms with E-state index in [0.29, 0.717) is 5.11 Å². The molecule has 0 saturated heterocycles. The van der Waals surface area contributed by atoms with Crippen molar-refractivity contribution in [2.75, 3.05) is 25.1 Å². The fourth-order valence-electron chi connectivity index (χ4n) is 1.62. The van der Waals surface area contributed by atoms with Gasteiger partial charge in [0.1, 0.15) is 5.75 Å². The highest BCUT2D eigenvalue weighted by molar-refractivity contribution is 7.80. The Morgan fingerprint density at radius 1 is 1.35 bits per heavy atom. The molecule has 0 unspecified atom stereocenters. The van der Waals surface area contributed by atoms with Gasteiger partial charge in [0, 0.05) is 31.5 Å². The Kier molecular flexibility index (Phi) is 7.99. The summed E-state index contributed by atoms with van der Waals surface area (Å²) in [4.78, 5) is 0. The van der Waals surface area contributed by atoms with Crippen molar-refractivity contribution < 1.29 is 9.47 Å². The number of nitrogens with one attached hydrogen (secondary N) is 2. The summed E-state index contributed by atoms with van der Waals surface area (Å²) in [5.41, 5.74) is 0.922. The highest BCUT2D eigenvalue weighted by Gasteiger charge is 2.01. The van der Waals surface area contributed by atoms with Gasteiger partial charge in [0.15, 0.2) is 5.11 Å². The number of thiocarbonyl (C=S) groups is 1. The van der Waals surface area contributed by atoms with Crippen molar-refractivity contribution in [3.05, 3.63) is 24.3 Å². The minimum absolute atomic E-state index is 0.161. The standard InChI is InChI=1S/C15H24N2O2S/c1-4-18-10-6-9-16-15(20)17-13-7-5-8-14(11-13)19-12(2)3/h5,7-8,11-12H,4,6,9-10H2,1-3H3,(H2,16,17,20). The van der Waals surface area contributed by atoms with Gasteiger partial charge in [-0.3, -0.25) is 0 Å². The van der Waals surface area contributed by atoms with Crippen LogP contribution in [0.15, 0.2) is 24.3 Å². The van der Waals surface area contributed by atoms with Gasteiger partial charge in [-0.15, -0.1) is 0 Å². The number of hydrogen-bond acceptors (Lipinski definition) is 3. The maximum absolute atomic E-state index is 5.64. The van der Waals surface area contributed by atoms with Crippen molar-refractivity contribution in [2.45, 2.75) is 33.3 Å². The molecule has 0 aliphatic heterocycles. The molecule has 0 aliphatic carbocycles. The molecule has 0 heterocycles. The molecular formula is C15H24N2O2S. The van der Waals surface area contributed by atoms with Crippen LogP contribution < -0.4 is 15.4 Å². The van der Waals surface area contributed by atoms with E-state index in [4.69, 9.17) is 21.7 Å². The van der Waals surface area contributed by atoms with Gasteiger partial charge in [0.25, 0.3) is 0 Å². The zero-order valence-electron chi connectivity index (χ0n) is 12.4. The lowest BCUT2D eigenvalue weighted by atomic mass is 10.3. The molecule has 4 nitrogen and oxygen atoms in total. The van der Waals surface area contributed by atoms with Crippen LogP contribution in [0.2, 0.25) is 0 Å². The first kappa shape index (κ1) is 16.7. The molecule has 5 heteroatoms. The van der Waals surface area contributed by atoms with E-state index in [-0.39, 0.29) is 6.10 Å². The van der Waals surface area contributed by atoms with E-state index < -0.39 is 0 Å². The number of hydrogen-bond donors (Lipinski definition) is 2. The second-order valence-corrected chi connectivity index (χ2v) is 5.03. The summed E-state index contributed by atoms with van der Waals surface area (Å²) in [6.45, 7) is 8.31. The van der Waals surface area contributed by atoms with Crippen LogP contribution in [0.3, 0.4) is 0 Å². The normalized spacial score (nSPS) is 10.4. The second kappa shape index (κ2) is 9.55. The summed E-state index contributed by atoms with van der Waals surface area (Å²) >= 11 is 5.24. The van der Waals surface area contributed by atoms with Crippen LogP contribution in [0, 0.1) is 0 Å². The third-order valence-corrected chi connectivity index (χ3v) is 2.67. The quantitative estimate of drug-likeness (QED) is 0.570. The molecule has 112 valence electrons. The fraction of sp³-hybridized carbons (Fsp3) is 0.533. The average molecular weight is 296 g/mol. The summed E-state index contributed by atoms with van der Waals surface area (Å²) in [6, 6.07) is 7.77. The van der Waals surface area contributed by atoms with E-state index in [0.717, 1.165) is 37.6 Å². The van der Waals surface area contributed by atoms with E-state index in [2.05, 4.69) is 10.6 Å². The predicted molar refractivity (Wildman–Crippen MR) is 87.5 cm³/mol. The largest absolute Gasteiger partial charge is 0.491 e. The molecule has 20 heavy (non-hydrogen) atoms. The van der Waals surface area contributed by atoms with E-state index in [9.17, 15) is 0 Å². The van der Waals surface area contributed by atoms with Crippen LogP contribution in [0.5, 0.6) is 5.75 Å². The molecule has 1 rings (SSSR count). The van der Waals surface area contributed by atoms with E-state index in [1.807, 2.05) is 45.0 Å². The third kappa shape index (κ3) is 7.31. The molecular weight excluding hydrogens is 272 g/mol. The Morgan fingerprint density at radius 2 is 2.15 bits per heavy atom. The summed E-state index contributed by atoms with van der Waals surface area (Å²) in [6.07, 6.45) is 1.10. The van der Waals surface area contributed by atoms with Crippen LogP contribution in [-0.4, -0.2) is 31.0 Å². The van der Waals surface area contributed by atoms with Gasteiger partial charge in [-0.2, -0.15) is 0 Å². The van der Waals surface area contributed by atoms with Crippen molar-refractivity contribution in [3.63, 3.8) is 0 Å². The smallest absolute Gasteiger partial charge is 0.170 e. The molecule has 1 aromatic carbocycles. The summed E-state index contributed by atoms with van der Waals surface area (Å²) < 4.78 is 10.9. The molecule has 0 aliphatic rings. The highest BCUT2D eigenvalue weighted by atomic mass is 32.1. The molecule has 0 fully saturated rings. The van der Waals surface area contributed by atoms with Gasteiger partial charge in [-0.25, -0.2) is 0 Å². The van der Waals surface area contributed by atoms with Crippen molar-refractivity contribution in [2.24, 2.45) is 0 Å². The molecule has 0 bridgehead atoms. The summed E-state index contributed by atoms with van der Waals surface area (Å²) in [5, 5.41) is 6.91. The monoisotopic (exact) mass is 296 g/mol. The third-order valence-electron chi connectivity index (χ3n) is 2.42. The molecule has 0 spiro atoms. The topological polar surface area (TPSA) is 42.5 Å².